The van der Waals surface area contributed by atoms with Crippen LogP contribution in [-0.2, 0) is 10.3 Å². The highest BCUT2D eigenvalue weighted by atomic mass is 35.5. The van der Waals surface area contributed by atoms with E-state index in [2.05, 4.69) is 17.4 Å². The SMILES string of the molecule is COc1ccc(C2(NC(=O)[C@@H]3CCC[C@@H]3CN)CCCC2)cc1.Cl. The Labute approximate surface area is 150 Å². The number of hydrogen-bond donors (Lipinski definition) is 2. The highest BCUT2D eigenvalue weighted by molar-refractivity contribution is 5.85. The maximum absolute atomic E-state index is 12.9. The molecule has 0 unspecified atom stereocenters. The zero-order chi connectivity index (χ0) is 16.3. The van der Waals surface area contributed by atoms with Gasteiger partial charge in [-0.1, -0.05) is 31.4 Å². The van der Waals surface area contributed by atoms with Gasteiger partial charge in [0.05, 0.1) is 12.6 Å². The topological polar surface area (TPSA) is 64.3 Å². The first-order valence-electron chi connectivity index (χ1n) is 8.85. The van der Waals surface area contributed by atoms with Crippen LogP contribution in [0.15, 0.2) is 24.3 Å². The van der Waals surface area contributed by atoms with Crippen LogP contribution in [0.3, 0.4) is 0 Å². The van der Waals surface area contributed by atoms with Crippen molar-refractivity contribution >= 4 is 18.3 Å². The lowest BCUT2D eigenvalue weighted by molar-refractivity contribution is -0.128. The fraction of sp³-hybridized carbons (Fsp3) is 0.632. The third-order valence-corrected chi connectivity index (χ3v) is 5.76. The Morgan fingerprint density at radius 1 is 1.21 bits per heavy atom. The molecule has 1 amide bonds. The predicted molar refractivity (Wildman–Crippen MR) is 98.4 cm³/mol. The molecule has 1 aromatic carbocycles. The lowest BCUT2D eigenvalue weighted by atomic mass is 9.86. The second kappa shape index (κ2) is 8.21. The lowest BCUT2D eigenvalue weighted by Gasteiger charge is -2.33. The van der Waals surface area contributed by atoms with Crippen LogP contribution in [0.1, 0.15) is 50.5 Å². The third-order valence-electron chi connectivity index (χ3n) is 5.76. The molecule has 0 heterocycles. The van der Waals surface area contributed by atoms with Crippen molar-refractivity contribution in [2.24, 2.45) is 17.6 Å². The van der Waals surface area contributed by atoms with Crippen LogP contribution in [0.4, 0.5) is 0 Å². The van der Waals surface area contributed by atoms with E-state index in [1.54, 1.807) is 7.11 Å². The standard InChI is InChI=1S/C19H28N2O2.ClH/c1-23-16-9-7-15(8-10-16)19(11-2-3-12-19)21-18(22)17-6-4-5-14(17)13-20;/h7-10,14,17H,2-6,11-13,20H2,1H3,(H,21,22);1H/t14-,17-;/m1./s1. The van der Waals surface area contributed by atoms with E-state index in [4.69, 9.17) is 10.5 Å². The number of hydrogen-bond acceptors (Lipinski definition) is 3. The molecule has 0 radical (unpaired) electrons. The zero-order valence-corrected chi connectivity index (χ0v) is 15.2. The van der Waals surface area contributed by atoms with E-state index in [0.717, 1.165) is 50.7 Å². The van der Waals surface area contributed by atoms with E-state index < -0.39 is 0 Å². The number of benzene rings is 1. The van der Waals surface area contributed by atoms with Crippen molar-refractivity contribution in [2.45, 2.75) is 50.5 Å². The smallest absolute Gasteiger partial charge is 0.224 e. The minimum Gasteiger partial charge on any atom is -0.497 e. The number of rotatable bonds is 5. The number of carbonyl (C=O) groups excluding carboxylic acids is 1. The molecule has 2 fully saturated rings. The Balaban J connectivity index is 0.00000208. The van der Waals surface area contributed by atoms with Gasteiger partial charge in [-0.3, -0.25) is 4.79 Å². The molecule has 0 spiro atoms. The van der Waals surface area contributed by atoms with E-state index in [1.807, 2.05) is 12.1 Å². The number of ether oxygens (including phenoxy) is 1. The van der Waals surface area contributed by atoms with E-state index in [9.17, 15) is 4.79 Å². The first kappa shape index (κ1) is 19.1. The van der Waals surface area contributed by atoms with Gasteiger partial charge in [-0.2, -0.15) is 0 Å². The quantitative estimate of drug-likeness (QED) is 0.853. The van der Waals surface area contributed by atoms with Crippen LogP contribution >= 0.6 is 12.4 Å². The van der Waals surface area contributed by atoms with Crippen molar-refractivity contribution in [3.63, 3.8) is 0 Å². The number of carbonyl (C=O) groups is 1. The van der Waals surface area contributed by atoms with Gasteiger partial charge in [-0.15, -0.1) is 12.4 Å². The molecular formula is C19H29ClN2O2. The molecular weight excluding hydrogens is 324 g/mol. The first-order chi connectivity index (χ1) is 11.2. The summed E-state index contributed by atoms with van der Waals surface area (Å²) in [5.41, 5.74) is 6.85. The fourth-order valence-corrected chi connectivity index (χ4v) is 4.37. The van der Waals surface area contributed by atoms with Gasteiger partial charge in [0.25, 0.3) is 0 Å². The van der Waals surface area contributed by atoms with E-state index >= 15 is 0 Å². The summed E-state index contributed by atoms with van der Waals surface area (Å²) in [7, 11) is 1.68. The Hall–Kier alpha value is -1.26. The van der Waals surface area contributed by atoms with Gasteiger partial charge in [0, 0.05) is 5.92 Å². The molecule has 2 atom stereocenters. The van der Waals surface area contributed by atoms with Crippen molar-refractivity contribution in [1.82, 2.24) is 5.32 Å². The van der Waals surface area contributed by atoms with E-state index in [1.165, 1.54) is 5.56 Å². The van der Waals surface area contributed by atoms with Crippen molar-refractivity contribution in [3.05, 3.63) is 29.8 Å². The zero-order valence-electron chi connectivity index (χ0n) is 14.4. The average molecular weight is 353 g/mol. The third kappa shape index (κ3) is 3.70. The Bertz CT molecular complexity index is 541. The van der Waals surface area contributed by atoms with Crippen LogP contribution in [0, 0.1) is 11.8 Å². The number of nitrogens with two attached hydrogens (primary N) is 1. The van der Waals surface area contributed by atoms with Gasteiger partial charge >= 0.3 is 0 Å². The molecule has 2 aliphatic rings. The average Bonchev–Trinajstić information content (AvgIpc) is 3.24. The summed E-state index contributed by atoms with van der Waals surface area (Å²) < 4.78 is 5.25. The molecule has 4 nitrogen and oxygen atoms in total. The molecule has 0 bridgehead atoms. The first-order valence-corrected chi connectivity index (χ1v) is 8.85. The molecule has 0 aromatic heterocycles. The van der Waals surface area contributed by atoms with Crippen LogP contribution in [0.5, 0.6) is 5.75 Å². The summed E-state index contributed by atoms with van der Waals surface area (Å²) in [6.45, 7) is 0.619. The number of halogens is 1. The maximum atomic E-state index is 12.9. The molecule has 134 valence electrons. The molecule has 1 aromatic rings. The summed E-state index contributed by atoms with van der Waals surface area (Å²) in [5.74, 6) is 1.50. The minimum absolute atomic E-state index is 0. The Morgan fingerprint density at radius 2 is 1.88 bits per heavy atom. The van der Waals surface area contributed by atoms with Gasteiger partial charge in [-0.05, 0) is 55.8 Å². The van der Waals surface area contributed by atoms with Crippen LogP contribution in [-0.4, -0.2) is 19.6 Å². The van der Waals surface area contributed by atoms with E-state index in [0.29, 0.717) is 12.5 Å². The second-order valence-electron chi connectivity index (χ2n) is 7.04. The number of methoxy groups -OCH3 is 1. The van der Waals surface area contributed by atoms with Crippen LogP contribution < -0.4 is 15.8 Å². The van der Waals surface area contributed by atoms with Gasteiger partial charge in [-0.25, -0.2) is 0 Å². The van der Waals surface area contributed by atoms with Crippen molar-refractivity contribution < 1.29 is 9.53 Å². The minimum atomic E-state index is -0.203. The molecule has 0 aliphatic heterocycles. The highest BCUT2D eigenvalue weighted by Crippen LogP contribution is 2.40. The summed E-state index contributed by atoms with van der Waals surface area (Å²) in [6, 6.07) is 8.17. The fourth-order valence-electron chi connectivity index (χ4n) is 4.37. The van der Waals surface area contributed by atoms with Gasteiger partial charge in [0.15, 0.2) is 0 Å². The molecule has 5 heteroatoms. The lowest BCUT2D eigenvalue weighted by Crippen LogP contribution is -2.47. The molecule has 2 saturated carbocycles. The highest BCUT2D eigenvalue weighted by Gasteiger charge is 2.40. The number of nitrogens with one attached hydrogen (secondary N) is 1. The van der Waals surface area contributed by atoms with Crippen molar-refractivity contribution in [1.29, 1.82) is 0 Å². The van der Waals surface area contributed by atoms with Crippen LogP contribution in [0.2, 0.25) is 0 Å². The monoisotopic (exact) mass is 352 g/mol. The summed E-state index contributed by atoms with van der Waals surface area (Å²) in [4.78, 5) is 12.9. The Morgan fingerprint density at radius 3 is 2.46 bits per heavy atom. The molecule has 3 rings (SSSR count). The van der Waals surface area contributed by atoms with Gasteiger partial charge in [0.1, 0.15) is 5.75 Å². The van der Waals surface area contributed by atoms with Crippen molar-refractivity contribution in [3.8, 4) is 5.75 Å². The van der Waals surface area contributed by atoms with E-state index in [-0.39, 0.29) is 29.8 Å². The van der Waals surface area contributed by atoms with Crippen LogP contribution in [0.25, 0.3) is 0 Å². The molecule has 0 saturated heterocycles. The maximum Gasteiger partial charge on any atom is 0.224 e. The predicted octanol–water partition coefficient (Wildman–Crippen LogP) is 3.38. The molecule has 3 N–H and O–H groups in total. The second-order valence-corrected chi connectivity index (χ2v) is 7.04. The number of amides is 1. The summed E-state index contributed by atoms with van der Waals surface area (Å²) in [5, 5.41) is 3.42. The molecule has 24 heavy (non-hydrogen) atoms. The normalized spacial score (nSPS) is 25.1. The van der Waals surface area contributed by atoms with Gasteiger partial charge < -0.3 is 15.8 Å². The van der Waals surface area contributed by atoms with Crippen molar-refractivity contribution in [2.75, 3.05) is 13.7 Å². The summed E-state index contributed by atoms with van der Waals surface area (Å²) >= 11 is 0. The molecule has 2 aliphatic carbocycles. The van der Waals surface area contributed by atoms with Gasteiger partial charge in [0.2, 0.25) is 5.91 Å². The largest absolute Gasteiger partial charge is 0.497 e. The summed E-state index contributed by atoms with van der Waals surface area (Å²) in [6.07, 6.45) is 7.55. The Kier molecular flexibility index (Phi) is 6.53.